The van der Waals surface area contributed by atoms with Gasteiger partial charge < -0.3 is 9.76 Å². The van der Waals surface area contributed by atoms with Crippen LogP contribution in [-0.2, 0) is 4.65 Å². The Bertz CT molecular complexity index is 1730. The van der Waals surface area contributed by atoms with E-state index in [2.05, 4.69) is 72.8 Å². The van der Waals surface area contributed by atoms with Gasteiger partial charge in [-0.05, 0) is 50.6 Å². The third-order valence-electron chi connectivity index (χ3n) is 7.15. The highest BCUT2D eigenvalue weighted by molar-refractivity contribution is 7.27. The minimum Gasteiger partial charge on any atom is -0.427 e. The van der Waals surface area contributed by atoms with Crippen molar-refractivity contribution in [3.63, 3.8) is 0 Å². The molecule has 3 nitrogen and oxygen atoms in total. The molecule has 35 heavy (non-hydrogen) atoms. The molecule has 0 aliphatic carbocycles. The fourth-order valence-corrected chi connectivity index (χ4v) is 6.60. The van der Waals surface area contributed by atoms with Crippen LogP contribution in [0, 0.1) is 0 Å². The van der Waals surface area contributed by atoms with E-state index in [-0.39, 0.29) is 0 Å². The quantitative estimate of drug-likeness (QED) is 0.261. The van der Waals surface area contributed by atoms with E-state index >= 15 is 0 Å². The zero-order valence-electron chi connectivity index (χ0n) is 20.3. The van der Waals surface area contributed by atoms with Crippen LogP contribution in [0.5, 0.6) is 0 Å². The molecule has 6 rings (SSSR count). The molecular weight excluding hydrogens is 469 g/mol. The van der Waals surface area contributed by atoms with Gasteiger partial charge in [-0.1, -0.05) is 66.1 Å². The molecule has 0 fully saturated rings. The normalized spacial score (nSPS) is 12.8. The van der Waals surface area contributed by atoms with Gasteiger partial charge in [-0.25, -0.2) is 4.98 Å². The zero-order chi connectivity index (χ0) is 24.4. The van der Waals surface area contributed by atoms with Crippen LogP contribution >= 0.6 is 22.7 Å². The van der Waals surface area contributed by atoms with Gasteiger partial charge in [0.2, 0.25) is 0 Å². The van der Waals surface area contributed by atoms with Crippen molar-refractivity contribution in [3.05, 3.63) is 72.8 Å². The Morgan fingerprint density at radius 3 is 2.40 bits per heavy atom. The van der Waals surface area contributed by atoms with E-state index in [0.29, 0.717) is 7.48 Å². The Kier molecular flexibility index (Phi) is 5.27. The number of aliphatic hydroxyl groups is 1. The lowest BCUT2D eigenvalue weighted by molar-refractivity contribution is -0.0893. The molecule has 174 valence electrons. The first kappa shape index (κ1) is 22.7. The monoisotopic (exact) mass is 495 g/mol. The number of thiazole rings is 1. The lowest BCUT2D eigenvalue weighted by Crippen LogP contribution is -2.49. The van der Waals surface area contributed by atoms with Gasteiger partial charge in [-0.3, -0.25) is 0 Å². The van der Waals surface area contributed by atoms with E-state index in [1.54, 1.807) is 25.2 Å². The van der Waals surface area contributed by atoms with E-state index < -0.39 is 11.2 Å². The summed E-state index contributed by atoms with van der Waals surface area (Å²) in [6.07, 6.45) is 0. The third kappa shape index (κ3) is 3.85. The molecule has 0 radical (unpaired) electrons. The minimum atomic E-state index is -0.927. The maximum atomic E-state index is 10.4. The second-order valence-corrected chi connectivity index (χ2v) is 12.2. The fraction of sp³-hybridized carbons (Fsp3) is 0.207. The predicted octanol–water partition coefficient (Wildman–Crippen LogP) is 7.03. The van der Waals surface area contributed by atoms with Crippen molar-refractivity contribution in [2.24, 2.45) is 0 Å². The van der Waals surface area contributed by atoms with E-state index in [0.717, 1.165) is 16.0 Å². The number of nitrogens with zero attached hydrogens (tertiary/aromatic N) is 1. The summed E-state index contributed by atoms with van der Waals surface area (Å²) in [5, 5.41) is 16.4. The van der Waals surface area contributed by atoms with Gasteiger partial charge in [0.1, 0.15) is 5.01 Å². The molecule has 0 atom stereocenters. The highest BCUT2D eigenvalue weighted by Crippen LogP contribution is 2.42. The topological polar surface area (TPSA) is 42.4 Å². The van der Waals surface area contributed by atoms with Crippen LogP contribution in [0.15, 0.2) is 72.8 Å². The highest BCUT2D eigenvalue weighted by Gasteiger charge is 2.35. The number of thiophene rings is 1. The molecule has 2 heterocycles. The molecule has 0 spiro atoms. The first-order valence-electron chi connectivity index (χ1n) is 11.8. The summed E-state index contributed by atoms with van der Waals surface area (Å²) in [6, 6.07) is 25.9. The van der Waals surface area contributed by atoms with Crippen molar-refractivity contribution >= 4 is 76.8 Å². The molecule has 6 aromatic rings. The molecule has 0 unspecified atom stereocenters. The summed E-state index contributed by atoms with van der Waals surface area (Å²) in [7, 11) is 0.453. The smallest absolute Gasteiger partial charge is 0.309 e. The first-order valence-corrected chi connectivity index (χ1v) is 13.4. The van der Waals surface area contributed by atoms with Crippen LogP contribution in [0.4, 0.5) is 0 Å². The largest absolute Gasteiger partial charge is 0.427 e. The van der Waals surface area contributed by atoms with Gasteiger partial charge in [0.25, 0.3) is 0 Å². The van der Waals surface area contributed by atoms with Crippen molar-refractivity contribution in [1.82, 2.24) is 4.98 Å². The molecule has 0 aliphatic heterocycles. The average molecular weight is 495 g/mol. The van der Waals surface area contributed by atoms with Gasteiger partial charge >= 0.3 is 7.48 Å². The van der Waals surface area contributed by atoms with Crippen molar-refractivity contribution < 1.29 is 9.76 Å². The van der Waals surface area contributed by atoms with Crippen LogP contribution in [0.25, 0.3) is 51.7 Å². The van der Waals surface area contributed by atoms with Gasteiger partial charge in [0.05, 0.1) is 21.4 Å². The second kappa shape index (κ2) is 8.14. The fourth-order valence-electron chi connectivity index (χ4n) is 4.32. The molecule has 0 saturated heterocycles. The minimum absolute atomic E-state index is 0.453. The van der Waals surface area contributed by atoms with Gasteiger partial charge in [0, 0.05) is 25.7 Å². The summed E-state index contributed by atoms with van der Waals surface area (Å²) in [4.78, 5) is 5.11. The van der Waals surface area contributed by atoms with Crippen LogP contribution in [-0.4, -0.2) is 28.8 Å². The van der Waals surface area contributed by atoms with Crippen molar-refractivity contribution in [2.75, 3.05) is 0 Å². The molecule has 0 bridgehead atoms. The average Bonchev–Trinajstić information content (AvgIpc) is 3.43. The molecule has 0 amide bonds. The summed E-state index contributed by atoms with van der Waals surface area (Å²) in [6.45, 7) is 7.43. The third-order valence-corrected chi connectivity index (χ3v) is 9.42. The molecule has 6 heteroatoms. The Hall–Kier alpha value is -2.77. The van der Waals surface area contributed by atoms with Crippen molar-refractivity contribution in [1.29, 1.82) is 0 Å². The van der Waals surface area contributed by atoms with Crippen LogP contribution in [0.2, 0.25) is 0 Å². The molecular formula is C29H26BNO2S2. The van der Waals surface area contributed by atoms with E-state index in [4.69, 9.17) is 9.64 Å². The number of rotatable bonds is 5. The van der Waals surface area contributed by atoms with Gasteiger partial charge in [-0.15, -0.1) is 22.7 Å². The number of benzene rings is 4. The maximum Gasteiger partial charge on any atom is 0.309 e. The highest BCUT2D eigenvalue weighted by atomic mass is 32.1. The van der Waals surface area contributed by atoms with Crippen LogP contribution in [0.3, 0.4) is 0 Å². The summed E-state index contributed by atoms with van der Waals surface area (Å²) in [5.74, 6) is 0. The van der Waals surface area contributed by atoms with Crippen molar-refractivity contribution in [2.45, 2.75) is 38.9 Å². The number of hydrogen-bond acceptors (Lipinski definition) is 5. The standard InChI is InChI=1S/C29H26BNO2S2/c1-28(2,32)29(3,4)33-30-18-13-15-23-22(16-18)20-10-7-11-21(26(20)34-23)27-31-25-19-9-6-5-8-17(19)12-14-24(25)35-27/h5-16,30,32H,1-4H3. The molecule has 0 aliphatic rings. The summed E-state index contributed by atoms with van der Waals surface area (Å²) < 4.78 is 9.86. The Balaban J connectivity index is 1.43. The Labute approximate surface area is 213 Å². The second-order valence-electron chi connectivity index (χ2n) is 10.1. The number of hydrogen-bond donors (Lipinski definition) is 1. The van der Waals surface area contributed by atoms with E-state index in [1.165, 1.54) is 41.2 Å². The Morgan fingerprint density at radius 1 is 0.800 bits per heavy atom. The lowest BCUT2D eigenvalue weighted by atomic mass is 9.82. The van der Waals surface area contributed by atoms with E-state index in [1.807, 2.05) is 25.2 Å². The number of aromatic nitrogens is 1. The summed E-state index contributed by atoms with van der Waals surface area (Å²) >= 11 is 3.58. The first-order chi connectivity index (χ1) is 16.7. The molecule has 1 N–H and O–H groups in total. The van der Waals surface area contributed by atoms with Gasteiger partial charge in [-0.2, -0.15) is 0 Å². The molecule has 0 saturated carbocycles. The lowest BCUT2D eigenvalue weighted by Gasteiger charge is -2.37. The van der Waals surface area contributed by atoms with Gasteiger partial charge in [0.15, 0.2) is 0 Å². The zero-order valence-corrected chi connectivity index (χ0v) is 21.9. The maximum absolute atomic E-state index is 10.4. The SMILES string of the molecule is CC(C)(O)C(C)(C)OBc1ccc2sc3c(-c4nc5c(ccc6ccccc65)s4)cccc3c2c1. The van der Waals surface area contributed by atoms with Crippen LogP contribution < -0.4 is 5.46 Å². The van der Waals surface area contributed by atoms with Crippen molar-refractivity contribution in [3.8, 4) is 10.6 Å². The predicted molar refractivity (Wildman–Crippen MR) is 154 cm³/mol. The molecule has 2 aromatic heterocycles. The molecule has 4 aromatic carbocycles. The van der Waals surface area contributed by atoms with E-state index in [9.17, 15) is 5.11 Å². The number of fused-ring (bicyclic) bond motifs is 6. The Morgan fingerprint density at radius 2 is 1.57 bits per heavy atom. The van der Waals surface area contributed by atoms with Crippen LogP contribution in [0.1, 0.15) is 27.7 Å². The summed E-state index contributed by atoms with van der Waals surface area (Å²) in [5.41, 5.74) is 1.79.